The van der Waals surface area contributed by atoms with Gasteiger partial charge < -0.3 is 15.4 Å². The number of carbonyl (C=O) groups excluding carboxylic acids is 3. The molecule has 0 saturated carbocycles. The Morgan fingerprint density at radius 2 is 1.09 bits per heavy atom. The Kier molecular flexibility index (Phi) is 9.87. The first kappa shape index (κ1) is 24.7. The minimum Gasteiger partial charge on any atom is -0.466 e. The normalized spacial score (nSPS) is 10.4. The zero-order valence-corrected chi connectivity index (χ0v) is 19.2. The van der Waals surface area contributed by atoms with Gasteiger partial charge in [-0.2, -0.15) is 0 Å². The van der Waals surface area contributed by atoms with Crippen molar-refractivity contribution in [1.29, 1.82) is 0 Å². The van der Waals surface area contributed by atoms with Crippen molar-refractivity contribution in [2.45, 2.75) is 38.5 Å². The maximum absolute atomic E-state index is 12.1. The molecule has 6 nitrogen and oxygen atoms in total. The van der Waals surface area contributed by atoms with Gasteiger partial charge in [0.1, 0.15) is 0 Å². The Balaban J connectivity index is 1.30. The van der Waals surface area contributed by atoms with Crippen molar-refractivity contribution >= 4 is 29.2 Å². The van der Waals surface area contributed by atoms with Gasteiger partial charge in [0.25, 0.3) is 0 Å². The van der Waals surface area contributed by atoms with Crippen molar-refractivity contribution in [3.8, 4) is 0 Å². The number of hydrogen-bond donors (Lipinski definition) is 2. The van der Waals surface area contributed by atoms with Crippen LogP contribution in [0.5, 0.6) is 0 Å². The molecule has 176 valence electrons. The molecule has 0 radical (unpaired) electrons. The molecular formula is C28H30N2O4. The maximum Gasteiger partial charge on any atom is 0.306 e. The molecular weight excluding hydrogens is 428 g/mol. The summed E-state index contributed by atoms with van der Waals surface area (Å²) in [4.78, 5) is 36.1. The number of ether oxygens (including phenoxy) is 1. The molecule has 0 fully saturated rings. The number of rotatable bonds is 12. The van der Waals surface area contributed by atoms with Crippen LogP contribution in [0.25, 0.3) is 0 Å². The maximum atomic E-state index is 12.1. The van der Waals surface area contributed by atoms with Crippen LogP contribution in [0.1, 0.15) is 36.8 Å². The first-order chi connectivity index (χ1) is 16.6. The third kappa shape index (κ3) is 9.28. The lowest BCUT2D eigenvalue weighted by Crippen LogP contribution is -2.15. The van der Waals surface area contributed by atoms with E-state index in [2.05, 4.69) is 10.6 Å². The van der Waals surface area contributed by atoms with Crippen molar-refractivity contribution in [1.82, 2.24) is 0 Å². The summed E-state index contributed by atoms with van der Waals surface area (Å²) in [6.07, 6.45) is 2.75. The van der Waals surface area contributed by atoms with E-state index in [0.29, 0.717) is 30.8 Å². The van der Waals surface area contributed by atoms with Crippen LogP contribution in [0.3, 0.4) is 0 Å². The number of nitrogens with one attached hydrogen (secondary N) is 2. The van der Waals surface area contributed by atoms with E-state index >= 15 is 0 Å². The van der Waals surface area contributed by atoms with Gasteiger partial charge in [0, 0.05) is 24.2 Å². The van der Waals surface area contributed by atoms with Gasteiger partial charge in [0.15, 0.2) is 0 Å². The predicted molar refractivity (Wildman–Crippen MR) is 133 cm³/mol. The molecule has 0 aliphatic rings. The first-order valence-electron chi connectivity index (χ1n) is 11.5. The van der Waals surface area contributed by atoms with E-state index in [9.17, 15) is 14.4 Å². The number of esters is 1. The van der Waals surface area contributed by atoms with E-state index in [4.69, 9.17) is 4.74 Å². The van der Waals surface area contributed by atoms with E-state index < -0.39 is 0 Å². The van der Waals surface area contributed by atoms with Gasteiger partial charge in [-0.1, -0.05) is 60.7 Å². The second-order valence-electron chi connectivity index (χ2n) is 7.97. The molecule has 2 N–H and O–H groups in total. The van der Waals surface area contributed by atoms with Crippen molar-refractivity contribution in [3.05, 3.63) is 96.1 Å². The minimum atomic E-state index is -0.378. The van der Waals surface area contributed by atoms with Crippen LogP contribution in [-0.2, 0) is 32.0 Å². The number of anilines is 2. The Bertz CT molecular complexity index is 1050. The monoisotopic (exact) mass is 458 g/mol. The van der Waals surface area contributed by atoms with Gasteiger partial charge >= 0.3 is 5.97 Å². The molecule has 0 heterocycles. The number of benzene rings is 3. The van der Waals surface area contributed by atoms with E-state index in [0.717, 1.165) is 18.4 Å². The summed E-state index contributed by atoms with van der Waals surface area (Å²) in [6, 6.07) is 26.8. The average Bonchev–Trinajstić information content (AvgIpc) is 2.86. The molecule has 0 atom stereocenters. The van der Waals surface area contributed by atoms with Gasteiger partial charge in [-0.3, -0.25) is 14.4 Å². The molecule has 3 rings (SSSR count). The van der Waals surface area contributed by atoms with E-state index in [1.54, 1.807) is 24.3 Å². The van der Waals surface area contributed by atoms with Crippen LogP contribution in [0.15, 0.2) is 84.9 Å². The zero-order valence-electron chi connectivity index (χ0n) is 19.2. The van der Waals surface area contributed by atoms with Crippen molar-refractivity contribution in [2.75, 3.05) is 17.2 Å². The fraction of sp³-hybridized carbons (Fsp3) is 0.250. The Hall–Kier alpha value is -3.93. The molecule has 0 aliphatic heterocycles. The molecule has 0 unspecified atom stereocenters. The topological polar surface area (TPSA) is 84.5 Å². The number of hydrogen-bond acceptors (Lipinski definition) is 4. The Morgan fingerprint density at radius 3 is 1.65 bits per heavy atom. The largest absolute Gasteiger partial charge is 0.466 e. The lowest BCUT2D eigenvalue weighted by atomic mass is 10.1. The van der Waals surface area contributed by atoms with E-state index in [1.165, 1.54) is 5.56 Å². The smallest absolute Gasteiger partial charge is 0.306 e. The molecule has 3 aromatic carbocycles. The molecule has 0 saturated heterocycles. The van der Waals surface area contributed by atoms with Crippen molar-refractivity contribution in [3.63, 3.8) is 0 Å². The summed E-state index contributed by atoms with van der Waals surface area (Å²) in [6.45, 7) is 0.341. The molecule has 2 amide bonds. The lowest BCUT2D eigenvalue weighted by Gasteiger charge is -2.08. The second-order valence-corrected chi connectivity index (χ2v) is 7.97. The van der Waals surface area contributed by atoms with Crippen molar-refractivity contribution in [2.24, 2.45) is 0 Å². The van der Waals surface area contributed by atoms with Gasteiger partial charge in [-0.15, -0.1) is 0 Å². The number of carbonyl (C=O) groups is 3. The third-order valence-electron chi connectivity index (χ3n) is 5.21. The van der Waals surface area contributed by atoms with Crippen LogP contribution < -0.4 is 10.6 Å². The highest BCUT2D eigenvalue weighted by atomic mass is 16.5. The Morgan fingerprint density at radius 1 is 0.588 bits per heavy atom. The van der Waals surface area contributed by atoms with E-state index in [1.807, 2.05) is 60.7 Å². The fourth-order valence-electron chi connectivity index (χ4n) is 3.38. The standard InChI is InChI=1S/C28H30N2O4/c31-26(18-13-23-10-5-2-6-11-23)29-24-14-16-25(17-15-24)30-27(32)19-20-28(33)34-21-7-12-22-8-3-1-4-9-22/h1-6,8-11,14-17H,7,12-13,18-21H2,(H,29,31)(H,30,32). The molecule has 0 aliphatic carbocycles. The van der Waals surface area contributed by atoms with Crippen LogP contribution in [0.4, 0.5) is 11.4 Å². The number of amides is 2. The van der Waals surface area contributed by atoms with Gasteiger partial charge in [0.2, 0.25) is 11.8 Å². The van der Waals surface area contributed by atoms with Crippen LogP contribution in [0, 0.1) is 0 Å². The van der Waals surface area contributed by atoms with Gasteiger partial charge in [0.05, 0.1) is 13.0 Å². The lowest BCUT2D eigenvalue weighted by molar-refractivity contribution is -0.144. The number of aryl methyl sites for hydroxylation is 2. The molecule has 3 aromatic rings. The first-order valence-corrected chi connectivity index (χ1v) is 11.5. The highest BCUT2D eigenvalue weighted by Gasteiger charge is 2.09. The van der Waals surface area contributed by atoms with Gasteiger partial charge in [-0.25, -0.2) is 0 Å². The highest BCUT2D eigenvalue weighted by Crippen LogP contribution is 2.15. The summed E-state index contributed by atoms with van der Waals surface area (Å²) in [5.74, 6) is -0.708. The summed E-state index contributed by atoms with van der Waals surface area (Å²) in [7, 11) is 0. The van der Waals surface area contributed by atoms with Gasteiger partial charge in [-0.05, 0) is 54.7 Å². The van der Waals surface area contributed by atoms with E-state index in [-0.39, 0.29) is 30.6 Å². The summed E-state index contributed by atoms with van der Waals surface area (Å²) < 4.78 is 5.21. The molecule has 6 heteroatoms. The Labute approximate surface area is 200 Å². The molecule has 0 bridgehead atoms. The van der Waals surface area contributed by atoms with Crippen molar-refractivity contribution < 1.29 is 19.1 Å². The SMILES string of the molecule is O=C(CCC(=O)OCCCc1ccccc1)Nc1ccc(NC(=O)CCc2ccccc2)cc1. The van der Waals surface area contributed by atoms with Crippen LogP contribution in [-0.4, -0.2) is 24.4 Å². The van der Waals surface area contributed by atoms with Crippen LogP contribution in [0.2, 0.25) is 0 Å². The zero-order chi connectivity index (χ0) is 24.0. The third-order valence-corrected chi connectivity index (χ3v) is 5.21. The summed E-state index contributed by atoms with van der Waals surface area (Å²) >= 11 is 0. The molecule has 0 spiro atoms. The second kappa shape index (κ2) is 13.6. The van der Waals surface area contributed by atoms with Crippen LogP contribution >= 0.6 is 0 Å². The predicted octanol–water partition coefficient (Wildman–Crippen LogP) is 5.15. The fourth-order valence-corrected chi connectivity index (χ4v) is 3.38. The molecule has 34 heavy (non-hydrogen) atoms. The summed E-state index contributed by atoms with van der Waals surface area (Å²) in [5.41, 5.74) is 3.58. The highest BCUT2D eigenvalue weighted by molar-refractivity contribution is 5.94. The summed E-state index contributed by atoms with van der Waals surface area (Å²) in [5, 5.41) is 5.61. The average molecular weight is 459 g/mol. The minimum absolute atomic E-state index is 0.0344. The quantitative estimate of drug-likeness (QED) is 0.290. The molecule has 0 aromatic heterocycles.